The zero-order valence-electron chi connectivity index (χ0n) is 9.32. The van der Waals surface area contributed by atoms with Crippen molar-refractivity contribution < 1.29 is 8.42 Å². The molecule has 0 fully saturated rings. The van der Waals surface area contributed by atoms with Crippen molar-refractivity contribution in [3.05, 3.63) is 11.3 Å². The van der Waals surface area contributed by atoms with Gasteiger partial charge >= 0.3 is 0 Å². The third-order valence-corrected chi connectivity index (χ3v) is 2.97. The van der Waals surface area contributed by atoms with Crippen LogP contribution in [0, 0.1) is 0 Å². The number of hydrogen-bond donors (Lipinski definition) is 1. The fourth-order valence-electron chi connectivity index (χ4n) is 1.53. The van der Waals surface area contributed by atoms with Crippen molar-refractivity contribution in [3.63, 3.8) is 0 Å². The van der Waals surface area contributed by atoms with E-state index in [-0.39, 0.29) is 5.75 Å². The summed E-state index contributed by atoms with van der Waals surface area (Å²) < 4.78 is 23.9. The quantitative estimate of drug-likeness (QED) is 0.818. The molecule has 1 heterocycles. The first-order chi connectivity index (χ1) is 6.85. The van der Waals surface area contributed by atoms with Gasteiger partial charge in [0.25, 0.3) is 0 Å². The molecule has 5 nitrogen and oxygen atoms in total. The van der Waals surface area contributed by atoms with Crippen molar-refractivity contribution >= 4 is 15.7 Å². The SMILES string of the molecule is CCCc1c(CS(C)(=O)=O)nn(C)c1N. The summed E-state index contributed by atoms with van der Waals surface area (Å²) in [6.07, 6.45) is 2.89. The Balaban J connectivity index is 3.12. The van der Waals surface area contributed by atoms with Crippen LogP contribution in [0.1, 0.15) is 24.6 Å². The maximum atomic E-state index is 11.2. The third-order valence-electron chi connectivity index (χ3n) is 2.18. The van der Waals surface area contributed by atoms with Gasteiger partial charge in [0.05, 0.1) is 11.4 Å². The molecule has 0 saturated carbocycles. The molecule has 0 atom stereocenters. The van der Waals surface area contributed by atoms with E-state index in [1.54, 1.807) is 7.05 Å². The van der Waals surface area contributed by atoms with Crippen LogP contribution in [0.25, 0.3) is 0 Å². The van der Waals surface area contributed by atoms with E-state index < -0.39 is 9.84 Å². The Hall–Kier alpha value is -1.04. The summed E-state index contributed by atoms with van der Waals surface area (Å²) in [7, 11) is -1.33. The minimum Gasteiger partial charge on any atom is -0.384 e. The molecule has 0 unspecified atom stereocenters. The number of anilines is 1. The van der Waals surface area contributed by atoms with Gasteiger partial charge in [0.15, 0.2) is 9.84 Å². The highest BCUT2D eigenvalue weighted by atomic mass is 32.2. The van der Waals surface area contributed by atoms with Gasteiger partial charge in [0.1, 0.15) is 5.82 Å². The Kier molecular flexibility index (Phi) is 3.38. The van der Waals surface area contributed by atoms with Gasteiger partial charge in [-0.05, 0) is 6.42 Å². The lowest BCUT2D eigenvalue weighted by molar-refractivity contribution is 0.599. The highest BCUT2D eigenvalue weighted by molar-refractivity contribution is 7.89. The number of sulfone groups is 1. The number of nitrogen functional groups attached to an aromatic ring is 1. The average molecular weight is 231 g/mol. The topological polar surface area (TPSA) is 78.0 Å². The van der Waals surface area contributed by atoms with Gasteiger partial charge in [-0.2, -0.15) is 5.10 Å². The summed E-state index contributed by atoms with van der Waals surface area (Å²) in [5, 5.41) is 4.13. The van der Waals surface area contributed by atoms with Crippen LogP contribution in [0.4, 0.5) is 5.82 Å². The normalized spacial score (nSPS) is 11.9. The van der Waals surface area contributed by atoms with Gasteiger partial charge in [0, 0.05) is 18.9 Å². The molecule has 1 rings (SSSR count). The monoisotopic (exact) mass is 231 g/mol. The molecule has 0 aliphatic carbocycles. The fourth-order valence-corrected chi connectivity index (χ4v) is 2.25. The number of nitrogens with two attached hydrogens (primary N) is 1. The molecule has 2 N–H and O–H groups in total. The second-order valence-corrected chi connectivity index (χ2v) is 5.89. The molecule has 0 aliphatic rings. The molecule has 0 saturated heterocycles. The van der Waals surface area contributed by atoms with E-state index in [9.17, 15) is 8.42 Å². The van der Waals surface area contributed by atoms with Gasteiger partial charge in [-0.15, -0.1) is 0 Å². The predicted molar refractivity (Wildman–Crippen MR) is 60.2 cm³/mol. The van der Waals surface area contributed by atoms with E-state index in [0.717, 1.165) is 18.4 Å². The van der Waals surface area contributed by atoms with E-state index >= 15 is 0 Å². The van der Waals surface area contributed by atoms with Gasteiger partial charge in [-0.25, -0.2) is 8.42 Å². The molecule has 0 radical (unpaired) electrons. The maximum Gasteiger partial charge on any atom is 0.153 e. The summed E-state index contributed by atoms with van der Waals surface area (Å²) in [5.41, 5.74) is 7.26. The van der Waals surface area contributed by atoms with Gasteiger partial charge in [0.2, 0.25) is 0 Å². The molecule has 15 heavy (non-hydrogen) atoms. The first-order valence-corrected chi connectivity index (χ1v) is 6.89. The zero-order chi connectivity index (χ0) is 11.6. The fraction of sp³-hybridized carbons (Fsp3) is 0.667. The van der Waals surface area contributed by atoms with Gasteiger partial charge in [-0.1, -0.05) is 13.3 Å². The lowest BCUT2D eigenvalue weighted by Gasteiger charge is -2.00. The third kappa shape index (κ3) is 2.95. The Morgan fingerprint density at radius 2 is 2.07 bits per heavy atom. The lowest BCUT2D eigenvalue weighted by Crippen LogP contribution is -2.04. The highest BCUT2D eigenvalue weighted by Crippen LogP contribution is 2.19. The van der Waals surface area contributed by atoms with Gasteiger partial charge < -0.3 is 5.73 Å². The molecule has 0 aliphatic heterocycles. The number of aryl methyl sites for hydroxylation is 1. The number of nitrogens with zero attached hydrogens (tertiary/aromatic N) is 2. The van der Waals surface area contributed by atoms with Crippen LogP contribution < -0.4 is 5.73 Å². The standard InChI is InChI=1S/C9H17N3O2S/c1-4-5-7-8(6-15(3,13)14)11-12(2)9(7)10/h4-6,10H2,1-3H3. The molecule has 0 amide bonds. The molecule has 6 heteroatoms. The Bertz CT molecular complexity index is 448. The van der Waals surface area contributed by atoms with Crippen molar-refractivity contribution in [2.45, 2.75) is 25.5 Å². The van der Waals surface area contributed by atoms with Crippen LogP contribution in [0.2, 0.25) is 0 Å². The molecule has 1 aromatic heterocycles. The Morgan fingerprint density at radius 3 is 2.53 bits per heavy atom. The van der Waals surface area contributed by atoms with E-state index in [0.29, 0.717) is 11.5 Å². The van der Waals surface area contributed by atoms with Crippen LogP contribution in [-0.4, -0.2) is 24.5 Å². The second kappa shape index (κ2) is 4.22. The van der Waals surface area contributed by atoms with Crippen LogP contribution in [0.5, 0.6) is 0 Å². The zero-order valence-corrected chi connectivity index (χ0v) is 10.1. The summed E-state index contributed by atoms with van der Waals surface area (Å²) in [6, 6.07) is 0. The van der Waals surface area contributed by atoms with Crippen molar-refractivity contribution in [1.82, 2.24) is 9.78 Å². The van der Waals surface area contributed by atoms with E-state index in [4.69, 9.17) is 5.73 Å². The summed E-state index contributed by atoms with van der Waals surface area (Å²) in [4.78, 5) is 0. The largest absolute Gasteiger partial charge is 0.384 e. The minimum atomic E-state index is -3.05. The molecular weight excluding hydrogens is 214 g/mol. The molecule has 0 spiro atoms. The molecule has 1 aromatic rings. The first kappa shape index (κ1) is 12.0. The summed E-state index contributed by atoms with van der Waals surface area (Å²) in [5.74, 6) is 0.531. The van der Waals surface area contributed by atoms with Crippen LogP contribution in [0.3, 0.4) is 0 Å². The average Bonchev–Trinajstić information content (AvgIpc) is 2.30. The van der Waals surface area contributed by atoms with Crippen LogP contribution in [-0.2, 0) is 29.1 Å². The smallest absolute Gasteiger partial charge is 0.153 e. The molecule has 0 bridgehead atoms. The summed E-state index contributed by atoms with van der Waals surface area (Å²) >= 11 is 0. The number of rotatable bonds is 4. The minimum absolute atomic E-state index is 0.0344. The second-order valence-electron chi connectivity index (χ2n) is 3.75. The van der Waals surface area contributed by atoms with Crippen molar-refractivity contribution in [2.24, 2.45) is 7.05 Å². The number of aromatic nitrogens is 2. The van der Waals surface area contributed by atoms with Gasteiger partial charge in [-0.3, -0.25) is 4.68 Å². The van der Waals surface area contributed by atoms with Crippen molar-refractivity contribution in [2.75, 3.05) is 12.0 Å². The van der Waals surface area contributed by atoms with E-state index in [1.165, 1.54) is 10.9 Å². The Labute approximate surface area is 90.2 Å². The van der Waals surface area contributed by atoms with Crippen molar-refractivity contribution in [3.8, 4) is 0 Å². The number of hydrogen-bond acceptors (Lipinski definition) is 4. The van der Waals surface area contributed by atoms with E-state index in [2.05, 4.69) is 5.10 Å². The van der Waals surface area contributed by atoms with Crippen LogP contribution in [0.15, 0.2) is 0 Å². The molecule has 0 aromatic carbocycles. The van der Waals surface area contributed by atoms with Crippen LogP contribution >= 0.6 is 0 Å². The molecule has 86 valence electrons. The first-order valence-electron chi connectivity index (χ1n) is 4.83. The van der Waals surface area contributed by atoms with Crippen molar-refractivity contribution in [1.29, 1.82) is 0 Å². The Morgan fingerprint density at radius 1 is 1.47 bits per heavy atom. The predicted octanol–water partition coefficient (Wildman–Crippen LogP) is 0.499. The highest BCUT2D eigenvalue weighted by Gasteiger charge is 2.16. The summed E-state index contributed by atoms with van der Waals surface area (Å²) in [6.45, 7) is 2.02. The van der Waals surface area contributed by atoms with E-state index in [1.807, 2.05) is 6.92 Å². The maximum absolute atomic E-state index is 11.2. The lowest BCUT2D eigenvalue weighted by atomic mass is 10.1. The molecular formula is C9H17N3O2S.